The third-order valence-corrected chi connectivity index (χ3v) is 3.11. The van der Waals surface area contributed by atoms with Gasteiger partial charge in [0.1, 0.15) is 0 Å². The van der Waals surface area contributed by atoms with Crippen LogP contribution in [0.3, 0.4) is 0 Å². The van der Waals surface area contributed by atoms with Crippen LogP contribution in [0, 0.1) is 6.92 Å². The molecule has 1 aromatic carbocycles. The molecule has 1 saturated heterocycles. The Morgan fingerprint density at radius 2 is 2.12 bits per heavy atom. The summed E-state index contributed by atoms with van der Waals surface area (Å²) in [5.41, 5.74) is 2.13. The van der Waals surface area contributed by atoms with Crippen molar-refractivity contribution >= 4 is 11.6 Å². The van der Waals surface area contributed by atoms with Crippen molar-refractivity contribution in [1.82, 2.24) is 5.32 Å². The van der Waals surface area contributed by atoms with Crippen molar-refractivity contribution in [3.05, 3.63) is 29.8 Å². The number of carbonyl (C=O) groups excluding carboxylic acids is 1. The zero-order chi connectivity index (χ0) is 12.6. The molecule has 0 aromatic heterocycles. The molecule has 0 bridgehead atoms. The molecule has 0 saturated carbocycles. The number of carbonyl (C=O) groups is 1. The Labute approximate surface area is 103 Å². The van der Waals surface area contributed by atoms with Gasteiger partial charge in [-0.3, -0.25) is 10.1 Å². The minimum Gasteiger partial charge on any atom is -0.309 e. The Morgan fingerprint density at radius 1 is 1.41 bits per heavy atom. The van der Waals surface area contributed by atoms with E-state index >= 15 is 0 Å². The monoisotopic (exact) mass is 232 g/mol. The Hall–Kier alpha value is -1.35. The molecule has 2 rings (SSSR count). The fraction of sp³-hybridized carbons (Fsp3) is 0.500. The Morgan fingerprint density at radius 3 is 2.76 bits per heavy atom. The van der Waals surface area contributed by atoms with Crippen LogP contribution in [0.4, 0.5) is 5.69 Å². The van der Waals surface area contributed by atoms with Gasteiger partial charge in [0.25, 0.3) is 0 Å². The van der Waals surface area contributed by atoms with Crippen LogP contribution < -0.4 is 10.2 Å². The van der Waals surface area contributed by atoms with Crippen LogP contribution >= 0.6 is 0 Å². The number of piperazine rings is 1. The van der Waals surface area contributed by atoms with Gasteiger partial charge in [-0.15, -0.1) is 0 Å². The van der Waals surface area contributed by atoms with Gasteiger partial charge in [-0.05, 0) is 45.4 Å². The quantitative estimate of drug-likeness (QED) is 0.804. The summed E-state index contributed by atoms with van der Waals surface area (Å²) in [6.45, 7) is 8.92. The summed E-state index contributed by atoms with van der Waals surface area (Å²) in [5.74, 6) is 0.148. The van der Waals surface area contributed by atoms with Gasteiger partial charge >= 0.3 is 0 Å². The third kappa shape index (κ3) is 2.50. The average Bonchev–Trinajstić information content (AvgIpc) is 2.23. The van der Waals surface area contributed by atoms with Crippen LogP contribution in [0.2, 0.25) is 0 Å². The fourth-order valence-corrected chi connectivity index (χ4v) is 2.41. The van der Waals surface area contributed by atoms with Gasteiger partial charge in [0.05, 0.1) is 6.04 Å². The van der Waals surface area contributed by atoms with Gasteiger partial charge in [-0.1, -0.05) is 12.1 Å². The van der Waals surface area contributed by atoms with E-state index < -0.39 is 0 Å². The van der Waals surface area contributed by atoms with Crippen molar-refractivity contribution in [1.29, 1.82) is 0 Å². The van der Waals surface area contributed by atoms with Gasteiger partial charge in [-0.25, -0.2) is 0 Å². The first-order valence-corrected chi connectivity index (χ1v) is 6.05. The largest absolute Gasteiger partial charge is 0.309 e. The highest BCUT2D eigenvalue weighted by atomic mass is 16.2. The number of aryl methyl sites for hydroxylation is 1. The summed E-state index contributed by atoms with van der Waals surface area (Å²) in [6.07, 6.45) is 0. The fourth-order valence-electron chi connectivity index (χ4n) is 2.41. The lowest BCUT2D eigenvalue weighted by molar-refractivity contribution is -0.122. The van der Waals surface area contributed by atoms with E-state index in [4.69, 9.17) is 0 Å². The predicted molar refractivity (Wildman–Crippen MR) is 70.2 cm³/mol. The van der Waals surface area contributed by atoms with Crippen molar-refractivity contribution in [3.8, 4) is 0 Å². The minimum absolute atomic E-state index is 0.0446. The molecular weight excluding hydrogens is 212 g/mol. The van der Waals surface area contributed by atoms with Crippen molar-refractivity contribution in [2.45, 2.75) is 39.3 Å². The second-order valence-electron chi connectivity index (χ2n) is 5.51. The van der Waals surface area contributed by atoms with Gasteiger partial charge in [0.2, 0.25) is 5.91 Å². The molecule has 3 nitrogen and oxygen atoms in total. The Kier molecular flexibility index (Phi) is 2.96. The summed E-state index contributed by atoms with van der Waals surface area (Å²) in [7, 11) is 0. The number of hydrogen-bond acceptors (Lipinski definition) is 2. The number of nitrogens with zero attached hydrogens (tertiary/aromatic N) is 1. The van der Waals surface area contributed by atoms with Crippen LogP contribution in [0.15, 0.2) is 24.3 Å². The maximum absolute atomic E-state index is 12.2. The van der Waals surface area contributed by atoms with E-state index in [0.29, 0.717) is 6.54 Å². The lowest BCUT2D eigenvalue weighted by Crippen LogP contribution is -2.64. The number of anilines is 1. The summed E-state index contributed by atoms with van der Waals surface area (Å²) in [6, 6.07) is 7.98. The van der Waals surface area contributed by atoms with Gasteiger partial charge in [-0.2, -0.15) is 0 Å². The van der Waals surface area contributed by atoms with Gasteiger partial charge < -0.3 is 4.90 Å². The average molecular weight is 232 g/mol. The maximum Gasteiger partial charge on any atom is 0.243 e. The highest BCUT2D eigenvalue weighted by Gasteiger charge is 2.36. The lowest BCUT2D eigenvalue weighted by atomic mass is 9.98. The lowest BCUT2D eigenvalue weighted by Gasteiger charge is -2.42. The van der Waals surface area contributed by atoms with E-state index in [-0.39, 0.29) is 17.5 Å². The van der Waals surface area contributed by atoms with E-state index in [1.165, 1.54) is 5.56 Å². The molecule has 1 amide bonds. The van der Waals surface area contributed by atoms with Gasteiger partial charge in [0.15, 0.2) is 0 Å². The van der Waals surface area contributed by atoms with E-state index in [9.17, 15) is 4.79 Å². The number of rotatable bonds is 1. The molecule has 0 aliphatic carbocycles. The molecule has 1 unspecified atom stereocenters. The normalized spacial score (nSPS) is 23.9. The molecule has 1 fully saturated rings. The molecule has 1 N–H and O–H groups in total. The molecule has 1 atom stereocenters. The SMILES string of the molecule is Cc1cccc(N2CC(C)(C)NC(C)C2=O)c1. The van der Waals surface area contributed by atoms with Crippen molar-refractivity contribution in [2.24, 2.45) is 0 Å². The van der Waals surface area contributed by atoms with Crippen LogP contribution in [-0.4, -0.2) is 24.0 Å². The summed E-state index contributed by atoms with van der Waals surface area (Å²) < 4.78 is 0. The molecule has 3 heteroatoms. The third-order valence-electron chi connectivity index (χ3n) is 3.11. The van der Waals surface area contributed by atoms with Crippen molar-refractivity contribution in [3.63, 3.8) is 0 Å². The summed E-state index contributed by atoms with van der Waals surface area (Å²) in [5, 5.41) is 3.33. The molecule has 0 radical (unpaired) electrons. The summed E-state index contributed by atoms with van der Waals surface area (Å²) >= 11 is 0. The summed E-state index contributed by atoms with van der Waals surface area (Å²) in [4.78, 5) is 14.1. The van der Waals surface area contributed by atoms with E-state index in [2.05, 4.69) is 25.2 Å². The Bertz CT molecular complexity index is 440. The zero-order valence-electron chi connectivity index (χ0n) is 10.9. The number of hydrogen-bond donors (Lipinski definition) is 1. The van der Waals surface area contributed by atoms with Gasteiger partial charge in [0, 0.05) is 17.8 Å². The molecular formula is C14H20N2O. The minimum atomic E-state index is -0.126. The predicted octanol–water partition coefficient (Wildman–Crippen LogP) is 2.10. The van der Waals surface area contributed by atoms with Crippen LogP contribution in [0.1, 0.15) is 26.3 Å². The van der Waals surface area contributed by atoms with Crippen molar-refractivity contribution < 1.29 is 4.79 Å². The standard InChI is InChI=1S/C14H20N2O/c1-10-6-5-7-12(8-10)16-9-14(3,4)15-11(2)13(16)17/h5-8,11,15H,9H2,1-4H3. The van der Waals surface area contributed by atoms with E-state index in [1.54, 1.807) is 0 Å². The maximum atomic E-state index is 12.2. The smallest absolute Gasteiger partial charge is 0.243 e. The molecule has 1 aliphatic rings. The second kappa shape index (κ2) is 4.15. The molecule has 1 heterocycles. The number of benzene rings is 1. The highest BCUT2D eigenvalue weighted by molar-refractivity contribution is 5.98. The zero-order valence-corrected chi connectivity index (χ0v) is 10.9. The first-order valence-electron chi connectivity index (χ1n) is 6.05. The highest BCUT2D eigenvalue weighted by Crippen LogP contribution is 2.23. The molecule has 17 heavy (non-hydrogen) atoms. The molecule has 1 aromatic rings. The topological polar surface area (TPSA) is 32.3 Å². The molecule has 1 aliphatic heterocycles. The van der Waals surface area contributed by atoms with E-state index in [0.717, 1.165) is 5.69 Å². The first-order chi connectivity index (χ1) is 7.89. The molecule has 0 spiro atoms. The number of amides is 1. The van der Waals surface area contributed by atoms with Crippen molar-refractivity contribution in [2.75, 3.05) is 11.4 Å². The van der Waals surface area contributed by atoms with Crippen LogP contribution in [-0.2, 0) is 4.79 Å². The van der Waals surface area contributed by atoms with E-state index in [1.807, 2.05) is 36.9 Å². The van der Waals surface area contributed by atoms with Crippen LogP contribution in [0.25, 0.3) is 0 Å². The molecule has 92 valence electrons. The first kappa shape index (κ1) is 12.1. The van der Waals surface area contributed by atoms with Crippen LogP contribution in [0.5, 0.6) is 0 Å². The Balaban J connectivity index is 2.33. The number of nitrogens with one attached hydrogen (secondary N) is 1. The second-order valence-corrected chi connectivity index (χ2v) is 5.51.